The molecule has 2 N–H and O–H groups in total. The molecule has 28 heavy (non-hydrogen) atoms. The first-order valence-corrected chi connectivity index (χ1v) is 10.0. The molecule has 1 aromatic carbocycles. The van der Waals surface area contributed by atoms with Gasteiger partial charge in [0, 0.05) is 51.0 Å². The molecule has 1 aromatic heterocycles. The van der Waals surface area contributed by atoms with E-state index in [1.807, 2.05) is 26.1 Å². The summed E-state index contributed by atoms with van der Waals surface area (Å²) in [5, 5.41) is 6.97. The summed E-state index contributed by atoms with van der Waals surface area (Å²) in [7, 11) is 1.81. The number of hydrogen-bond donors (Lipinski definition) is 2. The molecule has 0 saturated carbocycles. The molecule has 6 nitrogen and oxygen atoms in total. The van der Waals surface area contributed by atoms with Crippen molar-refractivity contribution in [3.63, 3.8) is 0 Å². The van der Waals surface area contributed by atoms with Crippen LogP contribution in [0, 0.1) is 0 Å². The quantitative estimate of drug-likeness (QED) is 0.570. The predicted molar refractivity (Wildman–Crippen MR) is 113 cm³/mol. The van der Waals surface area contributed by atoms with Crippen LogP contribution in [0.3, 0.4) is 0 Å². The zero-order valence-electron chi connectivity index (χ0n) is 17.1. The van der Waals surface area contributed by atoms with Crippen molar-refractivity contribution in [3.8, 4) is 5.88 Å². The van der Waals surface area contributed by atoms with Crippen molar-refractivity contribution in [2.75, 3.05) is 20.2 Å². The zero-order chi connectivity index (χ0) is 19.8. The van der Waals surface area contributed by atoms with E-state index in [9.17, 15) is 0 Å². The number of guanidine groups is 1. The maximum Gasteiger partial charge on any atom is 0.213 e. The van der Waals surface area contributed by atoms with E-state index in [1.54, 1.807) is 6.20 Å². The topological polar surface area (TPSA) is 61.8 Å². The normalized spacial score (nSPS) is 20.2. The summed E-state index contributed by atoms with van der Waals surface area (Å²) in [6.07, 6.45) is 2.88. The van der Waals surface area contributed by atoms with Gasteiger partial charge >= 0.3 is 0 Å². The number of aliphatic imine (C=N–C) groups is 1. The van der Waals surface area contributed by atoms with Crippen LogP contribution in [0.25, 0.3) is 0 Å². The van der Waals surface area contributed by atoms with E-state index in [2.05, 4.69) is 62.8 Å². The van der Waals surface area contributed by atoms with Crippen molar-refractivity contribution in [1.29, 1.82) is 0 Å². The number of pyridine rings is 1. The molecule has 3 rings (SSSR count). The second-order valence-electron chi connectivity index (χ2n) is 7.20. The number of ether oxygens (including phenoxy) is 1. The zero-order valence-corrected chi connectivity index (χ0v) is 17.1. The number of likely N-dealkylation sites (tertiary alicyclic amines) is 1. The highest BCUT2D eigenvalue weighted by atomic mass is 16.5. The first-order chi connectivity index (χ1) is 13.7. The highest BCUT2D eigenvalue weighted by Crippen LogP contribution is 2.20. The summed E-state index contributed by atoms with van der Waals surface area (Å²) in [6, 6.07) is 15.5. The number of rotatable bonds is 7. The van der Waals surface area contributed by atoms with Crippen LogP contribution in [-0.4, -0.2) is 48.1 Å². The molecular weight excluding hydrogens is 350 g/mol. The van der Waals surface area contributed by atoms with Crippen molar-refractivity contribution >= 4 is 5.96 Å². The Morgan fingerprint density at radius 3 is 2.82 bits per heavy atom. The summed E-state index contributed by atoms with van der Waals surface area (Å²) in [5.74, 6) is 1.49. The Balaban J connectivity index is 1.50. The van der Waals surface area contributed by atoms with Crippen LogP contribution in [0.5, 0.6) is 5.88 Å². The first kappa shape index (κ1) is 20.1. The smallest absolute Gasteiger partial charge is 0.213 e. The van der Waals surface area contributed by atoms with Crippen LogP contribution >= 0.6 is 0 Å². The average molecular weight is 382 g/mol. The van der Waals surface area contributed by atoms with Gasteiger partial charge in [0.2, 0.25) is 5.88 Å². The lowest BCUT2D eigenvalue weighted by Crippen LogP contribution is -2.44. The lowest BCUT2D eigenvalue weighted by Gasteiger charge is -2.21. The molecule has 1 aliphatic rings. The van der Waals surface area contributed by atoms with Gasteiger partial charge in [-0.1, -0.05) is 30.3 Å². The van der Waals surface area contributed by atoms with Gasteiger partial charge in [-0.15, -0.1) is 0 Å². The van der Waals surface area contributed by atoms with Crippen LogP contribution < -0.4 is 15.4 Å². The van der Waals surface area contributed by atoms with Crippen LogP contribution in [-0.2, 0) is 13.1 Å². The van der Waals surface area contributed by atoms with Crippen molar-refractivity contribution < 1.29 is 4.74 Å². The summed E-state index contributed by atoms with van der Waals surface area (Å²) in [4.78, 5) is 11.1. The molecule has 1 aliphatic heterocycles. The fourth-order valence-corrected chi connectivity index (χ4v) is 3.60. The second-order valence-corrected chi connectivity index (χ2v) is 7.20. The van der Waals surface area contributed by atoms with E-state index in [-0.39, 0.29) is 0 Å². The Kier molecular flexibility index (Phi) is 7.25. The van der Waals surface area contributed by atoms with Gasteiger partial charge in [-0.05, 0) is 37.5 Å². The van der Waals surface area contributed by atoms with Crippen LogP contribution in [0.4, 0.5) is 0 Å². The Hall–Kier alpha value is -2.60. The molecule has 1 saturated heterocycles. The highest BCUT2D eigenvalue weighted by molar-refractivity contribution is 5.80. The molecule has 2 aromatic rings. The van der Waals surface area contributed by atoms with Crippen LogP contribution in [0.15, 0.2) is 53.7 Å². The number of nitrogens with one attached hydrogen (secondary N) is 2. The van der Waals surface area contributed by atoms with Crippen molar-refractivity contribution in [1.82, 2.24) is 20.5 Å². The molecule has 0 radical (unpaired) electrons. The minimum absolute atomic E-state index is 0.390. The van der Waals surface area contributed by atoms with Gasteiger partial charge in [0.1, 0.15) is 0 Å². The molecule has 0 amide bonds. The average Bonchev–Trinajstić information content (AvgIpc) is 3.05. The van der Waals surface area contributed by atoms with Gasteiger partial charge in [-0.3, -0.25) is 9.89 Å². The van der Waals surface area contributed by atoms with Crippen LogP contribution in [0.2, 0.25) is 0 Å². The summed E-state index contributed by atoms with van der Waals surface area (Å²) >= 11 is 0. The molecule has 150 valence electrons. The molecule has 2 unspecified atom stereocenters. The Morgan fingerprint density at radius 1 is 1.25 bits per heavy atom. The monoisotopic (exact) mass is 381 g/mol. The third-order valence-electron chi connectivity index (χ3n) is 5.05. The molecular formula is C22H31N5O. The van der Waals surface area contributed by atoms with Gasteiger partial charge in [-0.25, -0.2) is 4.98 Å². The van der Waals surface area contributed by atoms with Gasteiger partial charge in [-0.2, -0.15) is 0 Å². The molecule has 2 atom stereocenters. The predicted octanol–water partition coefficient (Wildman–Crippen LogP) is 2.81. The minimum Gasteiger partial charge on any atom is -0.478 e. The fourth-order valence-electron chi connectivity index (χ4n) is 3.60. The third kappa shape index (κ3) is 5.70. The highest BCUT2D eigenvalue weighted by Gasteiger charge is 2.29. The minimum atomic E-state index is 0.390. The molecule has 2 heterocycles. The lowest BCUT2D eigenvalue weighted by atomic mass is 10.2. The fraction of sp³-hybridized carbons (Fsp3) is 0.455. The van der Waals surface area contributed by atoms with Crippen molar-refractivity contribution in [2.24, 2.45) is 4.99 Å². The van der Waals surface area contributed by atoms with E-state index < -0.39 is 0 Å². The summed E-state index contributed by atoms with van der Waals surface area (Å²) in [6.45, 7) is 7.56. The number of benzene rings is 1. The number of aromatic nitrogens is 1. The Labute approximate surface area is 168 Å². The maximum absolute atomic E-state index is 5.47. The molecule has 1 fully saturated rings. The molecule has 0 bridgehead atoms. The maximum atomic E-state index is 5.47. The Bertz CT molecular complexity index is 765. The van der Waals surface area contributed by atoms with Crippen molar-refractivity contribution in [3.05, 3.63) is 59.8 Å². The molecule has 0 aliphatic carbocycles. The second kappa shape index (κ2) is 10.1. The summed E-state index contributed by atoms with van der Waals surface area (Å²) in [5.41, 5.74) is 2.48. The molecule has 0 spiro atoms. The first-order valence-electron chi connectivity index (χ1n) is 10.0. The lowest BCUT2D eigenvalue weighted by molar-refractivity contribution is 0.258. The van der Waals surface area contributed by atoms with Gasteiger partial charge in [0.05, 0.1) is 6.61 Å². The third-order valence-corrected chi connectivity index (χ3v) is 5.05. The Morgan fingerprint density at radius 2 is 2.07 bits per heavy atom. The van der Waals surface area contributed by atoms with Gasteiger partial charge < -0.3 is 15.4 Å². The van der Waals surface area contributed by atoms with E-state index in [1.165, 1.54) is 5.56 Å². The number of nitrogens with zero attached hydrogens (tertiary/aromatic N) is 3. The van der Waals surface area contributed by atoms with E-state index in [0.717, 1.165) is 31.0 Å². The van der Waals surface area contributed by atoms with Crippen LogP contribution in [0.1, 0.15) is 31.4 Å². The van der Waals surface area contributed by atoms with E-state index in [4.69, 9.17) is 4.74 Å². The van der Waals surface area contributed by atoms with E-state index >= 15 is 0 Å². The largest absolute Gasteiger partial charge is 0.478 e. The molecule has 6 heteroatoms. The van der Waals surface area contributed by atoms with Crippen molar-refractivity contribution in [2.45, 2.75) is 45.4 Å². The van der Waals surface area contributed by atoms with E-state index in [0.29, 0.717) is 31.1 Å². The van der Waals surface area contributed by atoms with Gasteiger partial charge in [0.15, 0.2) is 5.96 Å². The van der Waals surface area contributed by atoms with Gasteiger partial charge in [0.25, 0.3) is 0 Å². The summed E-state index contributed by atoms with van der Waals surface area (Å²) < 4.78 is 5.47. The SMILES string of the molecule is CCOc1cc(CNC(=NC)NC2CC(C)N(Cc3ccccc3)C2)ccn1. The standard InChI is InChI=1S/C22H31N5O/c1-4-28-21-13-19(10-11-24-21)14-25-22(23-3)26-20-12-17(2)27(16-20)15-18-8-6-5-7-9-18/h5-11,13,17,20H,4,12,14-16H2,1-3H3,(H2,23,25,26). The number of hydrogen-bond acceptors (Lipinski definition) is 4.